The van der Waals surface area contributed by atoms with E-state index in [1.165, 1.54) is 0 Å². The van der Waals surface area contributed by atoms with E-state index < -0.39 is 0 Å². The largest absolute Gasteiger partial charge is 0.355 e. The Hall–Kier alpha value is -0.320. The normalized spacial score (nSPS) is 17.9. The van der Waals surface area contributed by atoms with E-state index in [4.69, 9.17) is 5.73 Å². The van der Waals surface area contributed by atoms with Crippen molar-refractivity contribution >= 4 is 18.3 Å². The number of nitrogens with one attached hydrogen (secondary N) is 1. The van der Waals surface area contributed by atoms with Gasteiger partial charge in [0.15, 0.2) is 0 Å². The fourth-order valence-corrected chi connectivity index (χ4v) is 1.90. The second-order valence-corrected chi connectivity index (χ2v) is 4.31. The zero-order chi connectivity index (χ0) is 11.1. The Labute approximate surface area is 104 Å². The summed E-state index contributed by atoms with van der Waals surface area (Å²) in [6, 6.07) is 0. The SMILES string of the molecule is CCCNC(=O)CN1CCC(CN)CC1.Cl. The molecule has 0 unspecified atom stereocenters. The molecular weight excluding hydrogens is 226 g/mol. The van der Waals surface area contributed by atoms with Gasteiger partial charge in [-0.1, -0.05) is 6.92 Å². The van der Waals surface area contributed by atoms with Gasteiger partial charge >= 0.3 is 0 Å². The van der Waals surface area contributed by atoms with Gasteiger partial charge in [-0.05, 0) is 44.8 Å². The van der Waals surface area contributed by atoms with Gasteiger partial charge in [0.05, 0.1) is 6.54 Å². The molecule has 3 N–H and O–H groups in total. The molecule has 0 aromatic rings. The number of carbonyl (C=O) groups is 1. The van der Waals surface area contributed by atoms with Crippen molar-refractivity contribution < 1.29 is 4.79 Å². The highest BCUT2D eigenvalue weighted by Crippen LogP contribution is 2.14. The fourth-order valence-electron chi connectivity index (χ4n) is 1.90. The van der Waals surface area contributed by atoms with E-state index in [2.05, 4.69) is 17.1 Å². The number of rotatable bonds is 5. The molecule has 5 heteroatoms. The van der Waals surface area contributed by atoms with E-state index in [9.17, 15) is 4.79 Å². The number of piperidine rings is 1. The number of hydrogen-bond acceptors (Lipinski definition) is 3. The van der Waals surface area contributed by atoms with Crippen LogP contribution in [0.25, 0.3) is 0 Å². The van der Waals surface area contributed by atoms with Crippen molar-refractivity contribution in [2.45, 2.75) is 26.2 Å². The van der Waals surface area contributed by atoms with Gasteiger partial charge in [-0.3, -0.25) is 9.69 Å². The molecule has 96 valence electrons. The van der Waals surface area contributed by atoms with Crippen LogP contribution < -0.4 is 11.1 Å². The molecule has 0 aromatic carbocycles. The van der Waals surface area contributed by atoms with E-state index in [1.54, 1.807) is 0 Å². The van der Waals surface area contributed by atoms with Gasteiger partial charge in [0.25, 0.3) is 0 Å². The zero-order valence-electron chi connectivity index (χ0n) is 10.1. The Kier molecular flexibility index (Phi) is 8.61. The first-order valence-electron chi connectivity index (χ1n) is 5.95. The summed E-state index contributed by atoms with van der Waals surface area (Å²) in [4.78, 5) is 13.7. The van der Waals surface area contributed by atoms with Crippen molar-refractivity contribution in [3.05, 3.63) is 0 Å². The topological polar surface area (TPSA) is 58.4 Å². The van der Waals surface area contributed by atoms with E-state index in [1.807, 2.05) is 0 Å². The van der Waals surface area contributed by atoms with Crippen LogP contribution >= 0.6 is 12.4 Å². The highest BCUT2D eigenvalue weighted by atomic mass is 35.5. The van der Waals surface area contributed by atoms with Crippen LogP contribution in [-0.4, -0.2) is 43.5 Å². The zero-order valence-corrected chi connectivity index (χ0v) is 10.9. The maximum atomic E-state index is 11.4. The summed E-state index contributed by atoms with van der Waals surface area (Å²) in [6.45, 7) is 6.22. The molecule has 0 radical (unpaired) electrons. The van der Waals surface area contributed by atoms with Gasteiger partial charge in [0.2, 0.25) is 5.91 Å². The first-order chi connectivity index (χ1) is 7.26. The summed E-state index contributed by atoms with van der Waals surface area (Å²) in [5, 5.41) is 2.90. The van der Waals surface area contributed by atoms with Crippen LogP contribution in [-0.2, 0) is 4.79 Å². The number of nitrogens with zero attached hydrogens (tertiary/aromatic N) is 1. The molecule has 1 aliphatic rings. The smallest absolute Gasteiger partial charge is 0.234 e. The average molecular weight is 250 g/mol. The van der Waals surface area contributed by atoms with Crippen molar-refractivity contribution in [3.8, 4) is 0 Å². The second-order valence-electron chi connectivity index (χ2n) is 4.31. The first-order valence-corrected chi connectivity index (χ1v) is 5.95. The van der Waals surface area contributed by atoms with Crippen molar-refractivity contribution in [1.29, 1.82) is 0 Å². The quantitative estimate of drug-likeness (QED) is 0.751. The summed E-state index contributed by atoms with van der Waals surface area (Å²) in [7, 11) is 0. The molecule has 1 fully saturated rings. The third kappa shape index (κ3) is 5.68. The summed E-state index contributed by atoms with van der Waals surface area (Å²) in [5.74, 6) is 0.822. The van der Waals surface area contributed by atoms with Crippen LogP contribution in [0.5, 0.6) is 0 Å². The molecule has 0 aromatic heterocycles. The van der Waals surface area contributed by atoms with E-state index in [-0.39, 0.29) is 18.3 Å². The second kappa shape index (κ2) is 8.79. The van der Waals surface area contributed by atoms with Crippen LogP contribution in [0.2, 0.25) is 0 Å². The minimum atomic E-state index is 0. The molecule has 1 amide bonds. The van der Waals surface area contributed by atoms with Crippen LogP contribution in [0.3, 0.4) is 0 Å². The Morgan fingerprint density at radius 1 is 1.44 bits per heavy atom. The number of carbonyl (C=O) groups excluding carboxylic acids is 1. The third-order valence-corrected chi connectivity index (χ3v) is 2.98. The monoisotopic (exact) mass is 249 g/mol. The average Bonchev–Trinajstić information content (AvgIpc) is 2.27. The maximum Gasteiger partial charge on any atom is 0.234 e. The Balaban J connectivity index is 0.00000225. The summed E-state index contributed by atoms with van der Waals surface area (Å²) in [6.07, 6.45) is 3.27. The molecule has 0 bridgehead atoms. The lowest BCUT2D eigenvalue weighted by atomic mass is 9.97. The minimum absolute atomic E-state index is 0. The number of amides is 1. The molecule has 1 heterocycles. The third-order valence-electron chi connectivity index (χ3n) is 2.98. The van der Waals surface area contributed by atoms with Crippen molar-refractivity contribution in [3.63, 3.8) is 0 Å². The molecule has 4 nitrogen and oxygen atoms in total. The van der Waals surface area contributed by atoms with Gasteiger partial charge in [0, 0.05) is 6.54 Å². The molecular formula is C11H24ClN3O. The Bertz CT molecular complexity index is 194. The highest BCUT2D eigenvalue weighted by Gasteiger charge is 2.19. The molecule has 16 heavy (non-hydrogen) atoms. The lowest BCUT2D eigenvalue weighted by Crippen LogP contribution is -2.42. The number of halogens is 1. The lowest BCUT2D eigenvalue weighted by molar-refractivity contribution is -0.122. The van der Waals surface area contributed by atoms with Crippen molar-refractivity contribution in [2.24, 2.45) is 11.7 Å². The first kappa shape index (κ1) is 15.7. The van der Waals surface area contributed by atoms with Crippen molar-refractivity contribution in [1.82, 2.24) is 10.2 Å². The number of nitrogens with two attached hydrogens (primary N) is 1. The summed E-state index contributed by atoms with van der Waals surface area (Å²) < 4.78 is 0. The maximum absolute atomic E-state index is 11.4. The number of likely N-dealkylation sites (tertiary alicyclic amines) is 1. The standard InChI is InChI=1S/C11H23N3O.ClH/c1-2-5-13-11(15)9-14-6-3-10(8-12)4-7-14;/h10H,2-9,12H2,1H3,(H,13,15);1H. The molecule has 1 saturated heterocycles. The van der Waals surface area contributed by atoms with Gasteiger partial charge in [-0.15, -0.1) is 12.4 Å². The van der Waals surface area contributed by atoms with Crippen LogP contribution in [0, 0.1) is 5.92 Å². The molecule has 0 atom stereocenters. The molecule has 0 aliphatic carbocycles. The predicted molar refractivity (Wildman–Crippen MR) is 68.8 cm³/mol. The molecule has 1 aliphatic heterocycles. The van der Waals surface area contributed by atoms with Crippen LogP contribution in [0.1, 0.15) is 26.2 Å². The molecule has 0 saturated carbocycles. The highest BCUT2D eigenvalue weighted by molar-refractivity contribution is 5.85. The summed E-state index contributed by atoms with van der Waals surface area (Å²) >= 11 is 0. The van der Waals surface area contributed by atoms with E-state index >= 15 is 0 Å². The molecule has 0 spiro atoms. The molecule has 1 rings (SSSR count). The predicted octanol–water partition coefficient (Wildman–Crippen LogP) is 0.605. The van der Waals surface area contributed by atoms with Gasteiger partial charge < -0.3 is 11.1 Å². The van der Waals surface area contributed by atoms with Gasteiger partial charge in [-0.25, -0.2) is 0 Å². The van der Waals surface area contributed by atoms with E-state index in [0.717, 1.165) is 45.4 Å². The summed E-state index contributed by atoms with van der Waals surface area (Å²) in [5.41, 5.74) is 5.62. The van der Waals surface area contributed by atoms with Crippen molar-refractivity contribution in [2.75, 3.05) is 32.7 Å². The van der Waals surface area contributed by atoms with Gasteiger partial charge in [-0.2, -0.15) is 0 Å². The van der Waals surface area contributed by atoms with Crippen LogP contribution in [0.4, 0.5) is 0 Å². The number of hydrogen-bond donors (Lipinski definition) is 2. The fraction of sp³-hybridized carbons (Fsp3) is 0.909. The Morgan fingerprint density at radius 3 is 2.56 bits per heavy atom. The van der Waals surface area contributed by atoms with Gasteiger partial charge in [0.1, 0.15) is 0 Å². The van der Waals surface area contributed by atoms with E-state index in [0.29, 0.717) is 12.5 Å². The van der Waals surface area contributed by atoms with Crippen LogP contribution in [0.15, 0.2) is 0 Å². The minimum Gasteiger partial charge on any atom is -0.355 e. The lowest BCUT2D eigenvalue weighted by Gasteiger charge is -2.30. The Morgan fingerprint density at radius 2 is 2.06 bits per heavy atom.